The molecule has 2 aromatic carbocycles. The number of hydrogen-bond donors (Lipinski definition) is 3. The number of benzene rings is 2. The second kappa shape index (κ2) is 11.2. The molecule has 3 aliphatic rings. The summed E-state index contributed by atoms with van der Waals surface area (Å²) in [5.41, 5.74) is 2.98. The fourth-order valence-electron chi connectivity index (χ4n) is 5.41. The molecule has 5 rings (SSSR count). The molecule has 1 aliphatic carbocycles. The zero-order chi connectivity index (χ0) is 27.6. The standard InChI is InChI=1S/C27H33F2N5O4S/c28-27(29)9-13-33(14-10-27)24-17-19(2-4-22(24)34(37)38)30-25(36)21-3-1-20(31-39-16-15-35)18-23(21)32-11-7-26(5-6-26)8-12-32/h1-4,17-18,31,35H,5-16H2,(H,30,36). The molecule has 0 bridgehead atoms. The molecule has 2 aromatic rings. The molecule has 0 radical (unpaired) electrons. The van der Waals surface area contributed by atoms with E-state index in [0.717, 1.165) is 37.3 Å². The van der Waals surface area contributed by atoms with Crippen LogP contribution in [-0.2, 0) is 0 Å². The highest BCUT2D eigenvalue weighted by molar-refractivity contribution is 8.00. The summed E-state index contributed by atoms with van der Waals surface area (Å²) in [6.07, 6.45) is 3.96. The van der Waals surface area contributed by atoms with E-state index in [4.69, 9.17) is 5.11 Å². The third-order valence-electron chi connectivity index (χ3n) is 8.01. The van der Waals surface area contributed by atoms with Crippen molar-refractivity contribution in [2.24, 2.45) is 5.41 Å². The topological polar surface area (TPSA) is 111 Å². The largest absolute Gasteiger partial charge is 0.395 e. The van der Waals surface area contributed by atoms with Gasteiger partial charge in [-0.25, -0.2) is 8.78 Å². The van der Waals surface area contributed by atoms with Crippen LogP contribution in [0, 0.1) is 15.5 Å². The van der Waals surface area contributed by atoms with Gasteiger partial charge in [0.15, 0.2) is 0 Å². The highest BCUT2D eigenvalue weighted by Gasteiger charge is 2.44. The van der Waals surface area contributed by atoms with Crippen LogP contribution < -0.4 is 19.8 Å². The van der Waals surface area contributed by atoms with E-state index in [2.05, 4.69) is 14.9 Å². The van der Waals surface area contributed by atoms with E-state index in [1.165, 1.54) is 43.0 Å². The van der Waals surface area contributed by atoms with Crippen LogP contribution in [0.3, 0.4) is 0 Å². The first-order chi connectivity index (χ1) is 18.7. The third kappa shape index (κ3) is 6.38. The molecule has 2 aliphatic heterocycles. The number of carbonyl (C=O) groups excluding carboxylic acids is 1. The van der Waals surface area contributed by atoms with Gasteiger partial charge in [0.25, 0.3) is 17.5 Å². The minimum atomic E-state index is -2.78. The molecule has 0 aromatic heterocycles. The number of anilines is 4. The van der Waals surface area contributed by atoms with Crippen LogP contribution in [0.25, 0.3) is 0 Å². The van der Waals surface area contributed by atoms with E-state index >= 15 is 0 Å². The molecule has 210 valence electrons. The van der Waals surface area contributed by atoms with E-state index in [-0.39, 0.29) is 49.8 Å². The van der Waals surface area contributed by atoms with E-state index in [0.29, 0.717) is 22.4 Å². The Hall–Kier alpha value is -3.12. The smallest absolute Gasteiger partial charge is 0.292 e. The number of carbonyl (C=O) groups is 1. The van der Waals surface area contributed by atoms with Gasteiger partial charge in [0.1, 0.15) is 5.69 Å². The number of hydrogen-bond acceptors (Lipinski definition) is 8. The molecule has 9 nitrogen and oxygen atoms in total. The average molecular weight is 562 g/mol. The lowest BCUT2D eigenvalue weighted by molar-refractivity contribution is -0.384. The summed E-state index contributed by atoms with van der Waals surface area (Å²) < 4.78 is 30.6. The van der Waals surface area contributed by atoms with Gasteiger partial charge in [-0.05, 0) is 61.4 Å². The van der Waals surface area contributed by atoms with Gasteiger partial charge in [-0.15, -0.1) is 0 Å². The van der Waals surface area contributed by atoms with E-state index in [1.54, 1.807) is 11.0 Å². The van der Waals surface area contributed by atoms with Crippen molar-refractivity contribution in [2.45, 2.75) is 44.4 Å². The molecule has 2 saturated heterocycles. The molecule has 1 spiro atoms. The zero-order valence-corrected chi connectivity index (χ0v) is 22.4. The first-order valence-electron chi connectivity index (χ1n) is 13.3. The number of nitrogens with one attached hydrogen (secondary N) is 2. The highest BCUT2D eigenvalue weighted by Crippen LogP contribution is 2.54. The fraction of sp³-hybridized carbons (Fsp3) is 0.519. The minimum Gasteiger partial charge on any atom is -0.395 e. The SMILES string of the molecule is O=C(Nc1ccc([N+](=O)[O-])c(N2CCC(F)(F)CC2)c1)c1ccc(NSCCO)cc1N1CCC2(CC1)CC2. The maximum atomic E-state index is 13.7. The highest BCUT2D eigenvalue weighted by atomic mass is 32.2. The summed E-state index contributed by atoms with van der Waals surface area (Å²) in [6.45, 7) is 1.75. The Morgan fingerprint density at radius 2 is 1.56 bits per heavy atom. The number of nitrogens with zero attached hydrogens (tertiary/aromatic N) is 3. The molecule has 0 unspecified atom stereocenters. The van der Waals surface area contributed by atoms with Crippen molar-refractivity contribution >= 4 is 46.3 Å². The Labute approximate surface area is 230 Å². The number of nitro groups is 1. The fourth-order valence-corrected chi connectivity index (χ4v) is 5.90. The Bertz CT molecular complexity index is 1220. The van der Waals surface area contributed by atoms with Crippen LogP contribution in [0.4, 0.5) is 37.2 Å². The van der Waals surface area contributed by atoms with Crippen molar-refractivity contribution in [3.63, 3.8) is 0 Å². The van der Waals surface area contributed by atoms with Crippen molar-refractivity contribution < 1.29 is 23.6 Å². The molecule has 2 heterocycles. The van der Waals surface area contributed by atoms with Gasteiger partial charge in [-0.2, -0.15) is 0 Å². The molecular weight excluding hydrogens is 528 g/mol. The normalized spacial score (nSPS) is 19.6. The summed E-state index contributed by atoms with van der Waals surface area (Å²) in [4.78, 5) is 28.5. The van der Waals surface area contributed by atoms with Gasteiger partial charge >= 0.3 is 0 Å². The van der Waals surface area contributed by atoms with Crippen molar-refractivity contribution in [2.75, 3.05) is 58.4 Å². The first-order valence-corrected chi connectivity index (χ1v) is 14.3. The predicted molar refractivity (Wildman–Crippen MR) is 150 cm³/mol. The number of piperidine rings is 2. The van der Waals surface area contributed by atoms with E-state index in [9.17, 15) is 23.7 Å². The lowest BCUT2D eigenvalue weighted by Gasteiger charge is -2.35. The van der Waals surface area contributed by atoms with Crippen LogP contribution in [0.5, 0.6) is 0 Å². The monoisotopic (exact) mass is 561 g/mol. The van der Waals surface area contributed by atoms with Gasteiger partial charge in [0.2, 0.25) is 0 Å². The summed E-state index contributed by atoms with van der Waals surface area (Å²) in [7, 11) is 0. The maximum Gasteiger partial charge on any atom is 0.292 e. The number of aliphatic hydroxyl groups is 1. The first kappa shape index (κ1) is 27.4. The van der Waals surface area contributed by atoms with Gasteiger partial charge in [-0.1, -0.05) is 11.9 Å². The Morgan fingerprint density at radius 1 is 0.949 bits per heavy atom. The van der Waals surface area contributed by atoms with Crippen molar-refractivity contribution in [3.8, 4) is 0 Å². The van der Waals surface area contributed by atoms with Gasteiger partial charge in [0.05, 0.1) is 22.8 Å². The molecule has 1 saturated carbocycles. The molecule has 0 atom stereocenters. The maximum absolute atomic E-state index is 13.7. The quantitative estimate of drug-likeness (QED) is 0.159. The molecule has 3 fully saturated rings. The predicted octanol–water partition coefficient (Wildman–Crippen LogP) is 5.52. The van der Waals surface area contributed by atoms with Crippen LogP contribution in [0.1, 0.15) is 48.9 Å². The lowest BCUT2D eigenvalue weighted by atomic mass is 9.93. The number of nitro benzene ring substituents is 1. The molecular formula is C27H33F2N5O4S. The second-order valence-corrected chi connectivity index (χ2v) is 11.6. The molecule has 12 heteroatoms. The summed E-state index contributed by atoms with van der Waals surface area (Å²) in [6, 6.07) is 9.79. The Kier molecular flexibility index (Phi) is 7.86. The number of halogens is 2. The van der Waals surface area contributed by atoms with Crippen LogP contribution >= 0.6 is 11.9 Å². The lowest BCUT2D eigenvalue weighted by Crippen LogP contribution is -2.39. The third-order valence-corrected chi connectivity index (χ3v) is 8.78. The van der Waals surface area contributed by atoms with Crippen molar-refractivity contribution in [1.82, 2.24) is 0 Å². The van der Waals surface area contributed by atoms with Gasteiger partial charge < -0.3 is 24.9 Å². The number of alkyl halides is 2. The van der Waals surface area contributed by atoms with Gasteiger partial charge in [-0.3, -0.25) is 14.9 Å². The number of rotatable bonds is 9. The van der Waals surface area contributed by atoms with E-state index < -0.39 is 10.8 Å². The summed E-state index contributed by atoms with van der Waals surface area (Å²) >= 11 is 1.38. The Balaban J connectivity index is 1.38. The van der Waals surface area contributed by atoms with Crippen molar-refractivity contribution in [1.29, 1.82) is 0 Å². The van der Waals surface area contributed by atoms with Crippen molar-refractivity contribution in [3.05, 3.63) is 52.1 Å². The Morgan fingerprint density at radius 3 is 2.21 bits per heavy atom. The van der Waals surface area contributed by atoms with E-state index in [1.807, 2.05) is 12.1 Å². The number of aliphatic hydroxyl groups excluding tert-OH is 1. The van der Waals surface area contributed by atoms with Crippen LogP contribution in [-0.4, -0.2) is 60.4 Å². The summed E-state index contributed by atoms with van der Waals surface area (Å²) in [5, 5.41) is 23.6. The van der Waals surface area contributed by atoms with Crippen LogP contribution in [0.2, 0.25) is 0 Å². The molecule has 3 N–H and O–H groups in total. The molecule has 1 amide bonds. The summed E-state index contributed by atoms with van der Waals surface area (Å²) in [5.74, 6) is -2.60. The van der Waals surface area contributed by atoms with Crippen LogP contribution in [0.15, 0.2) is 36.4 Å². The van der Waals surface area contributed by atoms with Gasteiger partial charge in [0, 0.05) is 62.2 Å². The second-order valence-electron chi connectivity index (χ2n) is 10.7. The minimum absolute atomic E-state index is 0.00536. The zero-order valence-electron chi connectivity index (χ0n) is 21.6. The average Bonchev–Trinajstić information content (AvgIpc) is 3.67. The number of amides is 1. The molecule has 39 heavy (non-hydrogen) atoms.